The summed E-state index contributed by atoms with van der Waals surface area (Å²) in [6, 6.07) is 0. The summed E-state index contributed by atoms with van der Waals surface area (Å²) < 4.78 is 5.10. The van der Waals surface area contributed by atoms with Gasteiger partial charge in [0.2, 0.25) is 0 Å². The number of aliphatic hydroxyl groups is 1. The van der Waals surface area contributed by atoms with Crippen LogP contribution in [0, 0.1) is 5.41 Å². The second kappa shape index (κ2) is 4.00. The van der Waals surface area contributed by atoms with Crippen LogP contribution in [0.5, 0.6) is 0 Å². The van der Waals surface area contributed by atoms with E-state index in [0.29, 0.717) is 19.4 Å². The Morgan fingerprint density at radius 2 is 1.88 bits per heavy atom. The Hall–Kier alpha value is -0.610. The molecule has 4 heteroatoms. The van der Waals surface area contributed by atoms with Crippen molar-refractivity contribution in [3.63, 3.8) is 0 Å². The zero-order chi connectivity index (χ0) is 11.8. The van der Waals surface area contributed by atoms with E-state index in [0.717, 1.165) is 25.9 Å². The van der Waals surface area contributed by atoms with Gasteiger partial charge in [-0.05, 0) is 39.7 Å². The summed E-state index contributed by atoms with van der Waals surface area (Å²) in [5, 5.41) is 10.6. The fourth-order valence-electron chi connectivity index (χ4n) is 2.72. The van der Waals surface area contributed by atoms with E-state index in [1.807, 2.05) is 14.0 Å². The third kappa shape index (κ3) is 1.74. The molecule has 1 saturated heterocycles. The van der Waals surface area contributed by atoms with E-state index in [4.69, 9.17) is 4.74 Å². The van der Waals surface area contributed by atoms with Gasteiger partial charge in [-0.2, -0.15) is 0 Å². The van der Waals surface area contributed by atoms with Crippen LogP contribution >= 0.6 is 0 Å². The number of esters is 1. The predicted molar refractivity (Wildman–Crippen MR) is 60.0 cm³/mol. The van der Waals surface area contributed by atoms with E-state index in [1.165, 1.54) is 0 Å². The van der Waals surface area contributed by atoms with Gasteiger partial charge in [0.15, 0.2) is 0 Å². The average Bonchev–Trinajstić information content (AvgIpc) is 3.04. The average molecular weight is 227 g/mol. The van der Waals surface area contributed by atoms with Crippen molar-refractivity contribution in [1.29, 1.82) is 0 Å². The smallest absolute Gasteiger partial charge is 0.315 e. The first kappa shape index (κ1) is 11.9. The summed E-state index contributed by atoms with van der Waals surface area (Å²) in [5.41, 5.74) is -1.41. The number of hydrogen-bond acceptors (Lipinski definition) is 4. The van der Waals surface area contributed by atoms with E-state index >= 15 is 0 Å². The maximum atomic E-state index is 11.9. The molecule has 2 rings (SSSR count). The Labute approximate surface area is 96.6 Å². The maximum absolute atomic E-state index is 11.9. The van der Waals surface area contributed by atoms with Gasteiger partial charge in [0.1, 0.15) is 0 Å². The molecule has 4 nitrogen and oxygen atoms in total. The molecular weight excluding hydrogens is 206 g/mol. The summed E-state index contributed by atoms with van der Waals surface area (Å²) in [6.45, 7) is 3.93. The molecule has 0 amide bonds. The molecule has 0 unspecified atom stereocenters. The molecule has 0 aromatic rings. The standard InChI is InChI=1S/C12H21NO3/c1-3-16-10(14)11(4-5-11)12(15)6-8-13(2)9-7-12/h15H,3-9H2,1-2H3. The first-order valence-electron chi connectivity index (χ1n) is 6.12. The van der Waals surface area contributed by atoms with Gasteiger partial charge in [-0.15, -0.1) is 0 Å². The van der Waals surface area contributed by atoms with Gasteiger partial charge in [0.25, 0.3) is 0 Å². The van der Waals surface area contributed by atoms with Crippen LogP contribution in [-0.2, 0) is 9.53 Å². The number of piperidine rings is 1. The molecule has 2 aliphatic rings. The largest absolute Gasteiger partial charge is 0.465 e. The van der Waals surface area contributed by atoms with Crippen molar-refractivity contribution in [3.05, 3.63) is 0 Å². The zero-order valence-corrected chi connectivity index (χ0v) is 10.2. The highest BCUT2D eigenvalue weighted by atomic mass is 16.5. The molecule has 0 radical (unpaired) electrons. The number of rotatable bonds is 3. The van der Waals surface area contributed by atoms with Crippen molar-refractivity contribution in [2.24, 2.45) is 5.41 Å². The van der Waals surface area contributed by atoms with E-state index in [1.54, 1.807) is 0 Å². The van der Waals surface area contributed by atoms with Gasteiger partial charge in [0, 0.05) is 13.1 Å². The van der Waals surface area contributed by atoms with E-state index in [9.17, 15) is 9.90 Å². The minimum Gasteiger partial charge on any atom is -0.465 e. The third-order valence-corrected chi connectivity index (χ3v) is 4.12. The van der Waals surface area contributed by atoms with Crippen molar-refractivity contribution in [2.45, 2.75) is 38.2 Å². The number of carbonyl (C=O) groups is 1. The van der Waals surface area contributed by atoms with Crippen LogP contribution in [0.4, 0.5) is 0 Å². The minimum atomic E-state index is -0.828. The number of ether oxygens (including phenoxy) is 1. The molecule has 1 heterocycles. The number of nitrogens with zero attached hydrogens (tertiary/aromatic N) is 1. The molecule has 0 aromatic carbocycles. The van der Waals surface area contributed by atoms with Gasteiger partial charge in [0.05, 0.1) is 17.6 Å². The molecule has 1 N–H and O–H groups in total. The Balaban J connectivity index is 2.08. The fraction of sp³-hybridized carbons (Fsp3) is 0.917. The molecule has 0 bridgehead atoms. The Bertz CT molecular complexity index is 278. The van der Waals surface area contributed by atoms with Crippen LogP contribution in [-0.4, -0.2) is 48.3 Å². The van der Waals surface area contributed by atoms with Crippen LogP contribution in [0.2, 0.25) is 0 Å². The topological polar surface area (TPSA) is 49.8 Å². The third-order valence-electron chi connectivity index (χ3n) is 4.12. The van der Waals surface area contributed by atoms with Crippen LogP contribution in [0.1, 0.15) is 32.6 Å². The van der Waals surface area contributed by atoms with E-state index in [-0.39, 0.29) is 5.97 Å². The second-order valence-electron chi connectivity index (χ2n) is 5.14. The summed E-state index contributed by atoms with van der Waals surface area (Å²) in [5.74, 6) is -0.193. The number of carbonyl (C=O) groups excluding carboxylic acids is 1. The van der Waals surface area contributed by atoms with Crippen LogP contribution in [0.15, 0.2) is 0 Å². The van der Waals surface area contributed by atoms with Crippen molar-refractivity contribution < 1.29 is 14.6 Å². The van der Waals surface area contributed by atoms with Crippen LogP contribution < -0.4 is 0 Å². The monoisotopic (exact) mass is 227 g/mol. The molecule has 16 heavy (non-hydrogen) atoms. The normalized spacial score (nSPS) is 27.4. The van der Waals surface area contributed by atoms with Crippen molar-refractivity contribution in [2.75, 3.05) is 26.7 Å². The molecule has 92 valence electrons. The summed E-state index contributed by atoms with van der Waals surface area (Å²) in [6.07, 6.45) is 2.93. The summed E-state index contributed by atoms with van der Waals surface area (Å²) in [4.78, 5) is 14.1. The Kier molecular flexibility index (Phi) is 2.97. The molecule has 1 aliphatic heterocycles. The first-order valence-corrected chi connectivity index (χ1v) is 6.12. The van der Waals surface area contributed by atoms with Gasteiger partial charge in [-0.25, -0.2) is 0 Å². The summed E-state index contributed by atoms with van der Waals surface area (Å²) >= 11 is 0. The maximum Gasteiger partial charge on any atom is 0.315 e. The molecule has 2 fully saturated rings. The van der Waals surface area contributed by atoms with E-state index < -0.39 is 11.0 Å². The van der Waals surface area contributed by atoms with Crippen LogP contribution in [0.3, 0.4) is 0 Å². The lowest BCUT2D eigenvalue weighted by atomic mass is 9.77. The number of likely N-dealkylation sites (tertiary alicyclic amines) is 1. The molecule has 1 aliphatic carbocycles. The van der Waals surface area contributed by atoms with Gasteiger partial charge in [-0.1, -0.05) is 0 Å². The molecule has 0 aromatic heterocycles. The molecule has 1 saturated carbocycles. The van der Waals surface area contributed by atoms with E-state index in [2.05, 4.69) is 4.90 Å². The molecule has 0 spiro atoms. The van der Waals surface area contributed by atoms with Gasteiger partial charge in [-0.3, -0.25) is 4.79 Å². The highest BCUT2D eigenvalue weighted by Crippen LogP contribution is 2.58. The lowest BCUT2D eigenvalue weighted by Crippen LogP contribution is -2.52. The second-order valence-corrected chi connectivity index (χ2v) is 5.14. The Morgan fingerprint density at radius 1 is 1.31 bits per heavy atom. The van der Waals surface area contributed by atoms with Crippen molar-refractivity contribution >= 4 is 5.97 Å². The van der Waals surface area contributed by atoms with Crippen molar-refractivity contribution in [1.82, 2.24) is 4.90 Å². The zero-order valence-electron chi connectivity index (χ0n) is 10.2. The van der Waals surface area contributed by atoms with Gasteiger partial charge < -0.3 is 14.7 Å². The highest BCUT2D eigenvalue weighted by molar-refractivity contribution is 5.81. The van der Waals surface area contributed by atoms with Crippen LogP contribution in [0.25, 0.3) is 0 Å². The Morgan fingerprint density at radius 3 is 2.31 bits per heavy atom. The lowest BCUT2D eigenvalue weighted by molar-refractivity contribution is -0.166. The quantitative estimate of drug-likeness (QED) is 0.724. The SMILES string of the molecule is CCOC(=O)C1(C2(O)CCN(C)CC2)CC1. The molecular formula is C12H21NO3. The predicted octanol–water partition coefficient (Wildman–Crippen LogP) is 0.786. The summed E-state index contributed by atoms with van der Waals surface area (Å²) in [7, 11) is 2.05. The fourth-order valence-corrected chi connectivity index (χ4v) is 2.72. The molecule has 0 atom stereocenters. The minimum absolute atomic E-state index is 0.193. The van der Waals surface area contributed by atoms with Crippen molar-refractivity contribution in [3.8, 4) is 0 Å². The number of hydrogen-bond donors (Lipinski definition) is 1. The lowest BCUT2D eigenvalue weighted by Gasteiger charge is -2.41. The first-order chi connectivity index (χ1) is 7.54. The highest BCUT2D eigenvalue weighted by Gasteiger charge is 2.65. The van der Waals surface area contributed by atoms with Gasteiger partial charge >= 0.3 is 5.97 Å².